The molecule has 0 aliphatic heterocycles. The lowest BCUT2D eigenvalue weighted by atomic mass is 10.0. The van der Waals surface area contributed by atoms with Gasteiger partial charge in [0.15, 0.2) is 0 Å². The van der Waals surface area contributed by atoms with E-state index in [-0.39, 0.29) is 0 Å². The van der Waals surface area contributed by atoms with Gasteiger partial charge in [0.2, 0.25) is 0 Å². The van der Waals surface area contributed by atoms with Crippen molar-refractivity contribution in [3.8, 4) is 0 Å². The second kappa shape index (κ2) is 10.2. The average Bonchev–Trinajstić information content (AvgIpc) is 2.73. The lowest BCUT2D eigenvalue weighted by molar-refractivity contribution is 1.04. The minimum Gasteiger partial charge on any atom is -0.251 e. The van der Waals surface area contributed by atoms with Gasteiger partial charge >= 0.3 is 0 Å². The average molecular weight is 397 g/mol. The first-order valence-corrected chi connectivity index (χ1v) is 10.8. The summed E-state index contributed by atoms with van der Waals surface area (Å²) in [6.45, 7) is 10.7. The van der Waals surface area contributed by atoms with Crippen molar-refractivity contribution in [2.75, 3.05) is 0 Å². The summed E-state index contributed by atoms with van der Waals surface area (Å²) < 4.78 is 0. The Morgan fingerprint density at radius 2 is 1.20 bits per heavy atom. The molecule has 0 heterocycles. The fraction of sp³-hybridized carbons (Fsp3) is 0.286. The SMILES string of the molecule is CCC(=Nc1ccc(C)cc1C)C(CCc1ccccc1)=Nc1ccc(C)cc1C. The molecule has 0 saturated carbocycles. The Morgan fingerprint density at radius 3 is 1.70 bits per heavy atom. The number of hydrogen-bond donors (Lipinski definition) is 0. The molecule has 0 aromatic heterocycles. The van der Waals surface area contributed by atoms with Gasteiger partial charge in [-0.15, -0.1) is 0 Å². The molecule has 0 amide bonds. The van der Waals surface area contributed by atoms with Crippen molar-refractivity contribution in [2.45, 2.75) is 53.9 Å². The van der Waals surface area contributed by atoms with Crippen LogP contribution in [0.15, 0.2) is 76.7 Å². The van der Waals surface area contributed by atoms with Gasteiger partial charge in [-0.2, -0.15) is 0 Å². The Bertz CT molecular complexity index is 1060. The van der Waals surface area contributed by atoms with E-state index >= 15 is 0 Å². The summed E-state index contributed by atoms with van der Waals surface area (Å²) in [6.07, 6.45) is 2.68. The summed E-state index contributed by atoms with van der Waals surface area (Å²) >= 11 is 0. The van der Waals surface area contributed by atoms with Crippen LogP contribution in [0.2, 0.25) is 0 Å². The predicted molar refractivity (Wildman–Crippen MR) is 131 cm³/mol. The van der Waals surface area contributed by atoms with Crippen LogP contribution in [0.5, 0.6) is 0 Å². The smallest absolute Gasteiger partial charge is 0.0663 e. The van der Waals surface area contributed by atoms with Gasteiger partial charge in [0.1, 0.15) is 0 Å². The lowest BCUT2D eigenvalue weighted by Crippen LogP contribution is -2.14. The fourth-order valence-corrected chi connectivity index (χ4v) is 3.67. The Labute approximate surface area is 181 Å². The van der Waals surface area contributed by atoms with E-state index in [4.69, 9.17) is 9.98 Å². The summed E-state index contributed by atoms with van der Waals surface area (Å²) in [5, 5.41) is 0. The molecule has 0 radical (unpaired) electrons. The molecule has 0 spiro atoms. The number of benzene rings is 3. The molecule has 0 saturated heterocycles. The molecule has 0 bridgehead atoms. The maximum atomic E-state index is 5.11. The van der Waals surface area contributed by atoms with E-state index in [2.05, 4.69) is 101 Å². The van der Waals surface area contributed by atoms with Gasteiger partial charge in [-0.1, -0.05) is 72.6 Å². The van der Waals surface area contributed by atoms with E-state index in [0.29, 0.717) is 0 Å². The third-order valence-corrected chi connectivity index (χ3v) is 5.38. The molecule has 154 valence electrons. The van der Waals surface area contributed by atoms with E-state index in [1.807, 2.05) is 0 Å². The molecule has 0 unspecified atom stereocenters. The van der Waals surface area contributed by atoms with Gasteiger partial charge in [0, 0.05) is 0 Å². The van der Waals surface area contributed by atoms with Crippen molar-refractivity contribution < 1.29 is 0 Å². The largest absolute Gasteiger partial charge is 0.251 e. The topological polar surface area (TPSA) is 24.7 Å². The lowest BCUT2D eigenvalue weighted by Gasteiger charge is -2.12. The van der Waals surface area contributed by atoms with Crippen molar-refractivity contribution >= 4 is 22.8 Å². The van der Waals surface area contributed by atoms with Crippen molar-refractivity contribution in [3.63, 3.8) is 0 Å². The summed E-state index contributed by atoms with van der Waals surface area (Å²) in [4.78, 5) is 10.2. The minimum absolute atomic E-state index is 0.853. The second-order valence-electron chi connectivity index (χ2n) is 8.04. The molecule has 0 N–H and O–H groups in total. The molecule has 3 aromatic carbocycles. The van der Waals surface area contributed by atoms with Gasteiger partial charge in [0.05, 0.1) is 22.8 Å². The molecular formula is C28H32N2. The molecule has 0 atom stereocenters. The van der Waals surface area contributed by atoms with E-state index in [9.17, 15) is 0 Å². The highest BCUT2D eigenvalue weighted by Gasteiger charge is 2.11. The monoisotopic (exact) mass is 396 g/mol. The minimum atomic E-state index is 0.853. The number of rotatable bonds is 7. The summed E-state index contributed by atoms with van der Waals surface area (Å²) in [7, 11) is 0. The van der Waals surface area contributed by atoms with Crippen LogP contribution in [0.25, 0.3) is 0 Å². The summed E-state index contributed by atoms with van der Waals surface area (Å²) in [5.74, 6) is 0. The van der Waals surface area contributed by atoms with Crippen LogP contribution in [-0.2, 0) is 6.42 Å². The zero-order chi connectivity index (χ0) is 21.5. The first kappa shape index (κ1) is 21.7. The third kappa shape index (κ3) is 5.76. The van der Waals surface area contributed by atoms with Crippen molar-refractivity contribution in [1.82, 2.24) is 0 Å². The van der Waals surface area contributed by atoms with Gasteiger partial charge in [0.25, 0.3) is 0 Å². The van der Waals surface area contributed by atoms with Crippen LogP contribution in [-0.4, -0.2) is 11.4 Å². The van der Waals surface area contributed by atoms with Crippen LogP contribution < -0.4 is 0 Å². The predicted octanol–water partition coefficient (Wildman–Crippen LogP) is 7.81. The Hall–Kier alpha value is -3.00. The van der Waals surface area contributed by atoms with Gasteiger partial charge in [-0.25, -0.2) is 0 Å². The second-order valence-corrected chi connectivity index (χ2v) is 8.04. The highest BCUT2D eigenvalue weighted by atomic mass is 14.8. The third-order valence-electron chi connectivity index (χ3n) is 5.38. The van der Waals surface area contributed by atoms with Crippen LogP contribution in [0.4, 0.5) is 11.4 Å². The molecular weight excluding hydrogens is 364 g/mol. The zero-order valence-corrected chi connectivity index (χ0v) is 18.9. The quantitative estimate of drug-likeness (QED) is 0.364. The van der Waals surface area contributed by atoms with E-state index < -0.39 is 0 Å². The van der Waals surface area contributed by atoms with E-state index in [0.717, 1.165) is 42.1 Å². The molecule has 3 rings (SSSR count). The number of hydrogen-bond acceptors (Lipinski definition) is 2. The van der Waals surface area contributed by atoms with Crippen LogP contribution in [0.1, 0.15) is 47.6 Å². The molecule has 2 heteroatoms. The Kier molecular flexibility index (Phi) is 7.35. The summed E-state index contributed by atoms with van der Waals surface area (Å²) in [6, 6.07) is 23.5. The highest BCUT2D eigenvalue weighted by Crippen LogP contribution is 2.24. The Balaban J connectivity index is 2.01. The maximum absolute atomic E-state index is 5.11. The molecule has 30 heavy (non-hydrogen) atoms. The molecule has 2 nitrogen and oxygen atoms in total. The van der Waals surface area contributed by atoms with E-state index in [1.54, 1.807) is 0 Å². The van der Waals surface area contributed by atoms with Gasteiger partial charge in [-0.3, -0.25) is 9.98 Å². The van der Waals surface area contributed by atoms with Crippen LogP contribution >= 0.6 is 0 Å². The fourth-order valence-electron chi connectivity index (χ4n) is 3.67. The highest BCUT2D eigenvalue weighted by molar-refractivity contribution is 6.43. The molecule has 0 aliphatic carbocycles. The number of nitrogens with zero attached hydrogens (tertiary/aromatic N) is 2. The van der Waals surface area contributed by atoms with Crippen molar-refractivity contribution in [2.24, 2.45) is 9.98 Å². The maximum Gasteiger partial charge on any atom is 0.0663 e. The van der Waals surface area contributed by atoms with Gasteiger partial charge < -0.3 is 0 Å². The molecule has 0 aliphatic rings. The number of aryl methyl sites for hydroxylation is 5. The molecule has 0 fully saturated rings. The van der Waals surface area contributed by atoms with E-state index in [1.165, 1.54) is 27.8 Å². The van der Waals surface area contributed by atoms with Gasteiger partial charge in [-0.05, 0) is 75.8 Å². The Morgan fingerprint density at radius 1 is 0.667 bits per heavy atom. The molecule has 3 aromatic rings. The zero-order valence-electron chi connectivity index (χ0n) is 18.9. The van der Waals surface area contributed by atoms with Crippen molar-refractivity contribution in [1.29, 1.82) is 0 Å². The van der Waals surface area contributed by atoms with Crippen LogP contribution in [0, 0.1) is 27.7 Å². The first-order chi connectivity index (χ1) is 14.5. The summed E-state index contributed by atoms with van der Waals surface area (Å²) in [5.41, 5.74) is 10.5. The first-order valence-electron chi connectivity index (χ1n) is 10.8. The van der Waals surface area contributed by atoms with Crippen molar-refractivity contribution in [3.05, 3.63) is 94.5 Å². The number of aliphatic imine (C=N–C) groups is 2. The normalized spacial score (nSPS) is 12.3. The standard InChI is InChI=1S/C28H32N2/c1-6-25(29-26-15-12-20(2)18-22(26)4)28(17-14-24-10-8-7-9-11-24)30-27-16-13-21(3)19-23(27)5/h7-13,15-16,18-19H,6,14,17H2,1-5H3. The van der Waals surface area contributed by atoms with Crippen LogP contribution in [0.3, 0.4) is 0 Å².